The van der Waals surface area contributed by atoms with Gasteiger partial charge in [0, 0.05) is 0 Å². The zero-order valence-electron chi connectivity index (χ0n) is 6.30. The molecule has 1 rings (SSSR count). The highest BCUT2D eigenvalue weighted by molar-refractivity contribution is 5.12. The molecule has 0 aromatic carbocycles. The van der Waals surface area contributed by atoms with E-state index in [0.717, 1.165) is 24.8 Å². The Kier molecular flexibility index (Phi) is 2.11. The number of hydrogen-bond donors (Lipinski definition) is 2. The first-order valence-corrected chi connectivity index (χ1v) is 3.75. The van der Waals surface area contributed by atoms with Crippen molar-refractivity contribution in [3.63, 3.8) is 0 Å². The molecule has 0 atom stereocenters. The lowest BCUT2D eigenvalue weighted by molar-refractivity contribution is -0.114. The molecule has 2 nitrogen and oxygen atoms in total. The quantitative estimate of drug-likeness (QED) is 0.426. The predicted octanol–water partition coefficient (Wildman–Crippen LogP) is 1.19. The minimum Gasteiger partial charge on any atom is -0.362 e. The van der Waals surface area contributed by atoms with Crippen molar-refractivity contribution in [2.45, 2.75) is 38.4 Å². The van der Waals surface area contributed by atoms with Gasteiger partial charge in [-0.15, -0.1) is 0 Å². The van der Waals surface area contributed by atoms with Crippen LogP contribution in [-0.2, 0) is 0 Å². The fourth-order valence-corrected chi connectivity index (χ4v) is 1.27. The molecule has 1 aliphatic carbocycles. The molecule has 1 aliphatic rings. The van der Waals surface area contributed by atoms with Gasteiger partial charge in [-0.25, -0.2) is 0 Å². The maximum atomic E-state index is 9.13. The molecule has 0 fully saturated rings. The van der Waals surface area contributed by atoms with Gasteiger partial charge in [0.15, 0.2) is 5.79 Å². The lowest BCUT2D eigenvalue weighted by Crippen LogP contribution is -2.26. The number of aliphatic hydroxyl groups is 2. The first-order chi connectivity index (χ1) is 4.61. The van der Waals surface area contributed by atoms with Crippen molar-refractivity contribution in [1.29, 1.82) is 0 Å². The molecule has 0 bridgehead atoms. The van der Waals surface area contributed by atoms with Crippen LogP contribution >= 0.6 is 0 Å². The molecule has 0 radical (unpaired) electrons. The summed E-state index contributed by atoms with van der Waals surface area (Å²) in [4.78, 5) is 0. The number of rotatable bonds is 1. The van der Waals surface area contributed by atoms with E-state index in [1.54, 1.807) is 0 Å². The minimum atomic E-state index is -1.57. The summed E-state index contributed by atoms with van der Waals surface area (Å²) < 4.78 is 0. The van der Waals surface area contributed by atoms with Gasteiger partial charge in [-0.2, -0.15) is 0 Å². The smallest absolute Gasteiger partial charge is 0.182 e. The van der Waals surface area contributed by atoms with Crippen molar-refractivity contribution in [3.05, 3.63) is 11.6 Å². The molecule has 0 saturated heterocycles. The maximum absolute atomic E-state index is 9.13. The summed E-state index contributed by atoms with van der Waals surface area (Å²) in [6.07, 6.45) is 6.03. The van der Waals surface area contributed by atoms with Crippen LogP contribution in [0.5, 0.6) is 0 Å². The Morgan fingerprint density at radius 1 is 1.40 bits per heavy atom. The van der Waals surface area contributed by atoms with E-state index in [0.29, 0.717) is 0 Å². The van der Waals surface area contributed by atoms with Gasteiger partial charge in [-0.05, 0) is 38.2 Å². The van der Waals surface area contributed by atoms with Crippen molar-refractivity contribution in [3.8, 4) is 0 Å². The van der Waals surface area contributed by atoms with Crippen LogP contribution in [0.4, 0.5) is 0 Å². The van der Waals surface area contributed by atoms with Crippen LogP contribution in [-0.4, -0.2) is 16.0 Å². The highest BCUT2D eigenvalue weighted by Gasteiger charge is 2.22. The van der Waals surface area contributed by atoms with E-state index in [1.807, 2.05) is 6.08 Å². The Balaban J connectivity index is 2.62. The van der Waals surface area contributed by atoms with Crippen molar-refractivity contribution in [2.75, 3.05) is 0 Å². The first kappa shape index (κ1) is 7.76. The average molecular weight is 142 g/mol. The Bertz CT molecular complexity index is 142. The van der Waals surface area contributed by atoms with Crippen LogP contribution in [0.15, 0.2) is 11.6 Å². The van der Waals surface area contributed by atoms with Gasteiger partial charge >= 0.3 is 0 Å². The van der Waals surface area contributed by atoms with Gasteiger partial charge in [0.25, 0.3) is 0 Å². The van der Waals surface area contributed by atoms with Gasteiger partial charge in [-0.1, -0.05) is 6.08 Å². The zero-order chi connectivity index (χ0) is 7.61. The van der Waals surface area contributed by atoms with Crippen molar-refractivity contribution in [2.24, 2.45) is 0 Å². The van der Waals surface area contributed by atoms with Crippen molar-refractivity contribution in [1.82, 2.24) is 0 Å². The third-order valence-corrected chi connectivity index (χ3v) is 1.90. The highest BCUT2D eigenvalue weighted by Crippen LogP contribution is 2.24. The summed E-state index contributed by atoms with van der Waals surface area (Å²) >= 11 is 0. The SMILES string of the molecule is CC(O)(O)C1=CCCCC1. The number of hydrogen-bond acceptors (Lipinski definition) is 2. The lowest BCUT2D eigenvalue weighted by atomic mass is 9.94. The fourth-order valence-electron chi connectivity index (χ4n) is 1.27. The minimum absolute atomic E-state index is 0.777. The molecule has 10 heavy (non-hydrogen) atoms. The van der Waals surface area contributed by atoms with Crippen LogP contribution in [0.1, 0.15) is 32.6 Å². The number of allylic oxidation sites excluding steroid dienone is 1. The van der Waals surface area contributed by atoms with E-state index in [9.17, 15) is 0 Å². The molecule has 0 heterocycles. The first-order valence-electron chi connectivity index (χ1n) is 3.75. The topological polar surface area (TPSA) is 40.5 Å². The summed E-state index contributed by atoms with van der Waals surface area (Å²) in [6, 6.07) is 0. The molecule has 0 aromatic rings. The Morgan fingerprint density at radius 3 is 2.40 bits per heavy atom. The lowest BCUT2D eigenvalue weighted by Gasteiger charge is -2.22. The van der Waals surface area contributed by atoms with Crippen molar-refractivity contribution >= 4 is 0 Å². The van der Waals surface area contributed by atoms with Crippen LogP contribution in [0.3, 0.4) is 0 Å². The predicted molar refractivity (Wildman–Crippen MR) is 39.4 cm³/mol. The van der Waals surface area contributed by atoms with Gasteiger partial charge < -0.3 is 10.2 Å². The van der Waals surface area contributed by atoms with Gasteiger partial charge in [0.2, 0.25) is 0 Å². The molecule has 2 N–H and O–H groups in total. The molecule has 0 spiro atoms. The third-order valence-electron chi connectivity index (χ3n) is 1.90. The van der Waals surface area contributed by atoms with E-state index in [2.05, 4.69) is 0 Å². The van der Waals surface area contributed by atoms with E-state index in [-0.39, 0.29) is 0 Å². The van der Waals surface area contributed by atoms with E-state index < -0.39 is 5.79 Å². The van der Waals surface area contributed by atoms with Crippen LogP contribution in [0, 0.1) is 0 Å². The van der Waals surface area contributed by atoms with Crippen LogP contribution in [0.2, 0.25) is 0 Å². The molecular formula is C8H14O2. The second-order valence-electron chi connectivity index (χ2n) is 3.00. The molecule has 0 aromatic heterocycles. The van der Waals surface area contributed by atoms with E-state index in [1.165, 1.54) is 13.3 Å². The molecule has 0 aliphatic heterocycles. The van der Waals surface area contributed by atoms with Crippen LogP contribution in [0.25, 0.3) is 0 Å². The average Bonchev–Trinajstić information content (AvgIpc) is 1.88. The van der Waals surface area contributed by atoms with E-state index >= 15 is 0 Å². The van der Waals surface area contributed by atoms with Gasteiger partial charge in [0.05, 0.1) is 0 Å². The maximum Gasteiger partial charge on any atom is 0.182 e. The summed E-state index contributed by atoms with van der Waals surface area (Å²) in [5, 5.41) is 18.3. The second-order valence-corrected chi connectivity index (χ2v) is 3.00. The zero-order valence-corrected chi connectivity index (χ0v) is 6.30. The Hall–Kier alpha value is -0.340. The van der Waals surface area contributed by atoms with Gasteiger partial charge in [0.1, 0.15) is 0 Å². The molecule has 0 saturated carbocycles. The highest BCUT2D eigenvalue weighted by atomic mass is 16.5. The summed E-state index contributed by atoms with van der Waals surface area (Å²) in [5.41, 5.74) is 0.777. The molecular weight excluding hydrogens is 128 g/mol. The molecule has 0 unspecified atom stereocenters. The summed E-state index contributed by atoms with van der Waals surface area (Å²) in [7, 11) is 0. The standard InChI is InChI=1S/C8H14O2/c1-8(9,10)7-5-3-2-4-6-7/h5,9-10H,2-4,6H2,1H3. The van der Waals surface area contributed by atoms with Crippen LogP contribution < -0.4 is 0 Å². The second kappa shape index (κ2) is 2.72. The summed E-state index contributed by atoms with van der Waals surface area (Å²) in [6.45, 7) is 1.42. The van der Waals surface area contributed by atoms with E-state index in [4.69, 9.17) is 10.2 Å². The Labute approximate surface area is 61.2 Å². The molecule has 2 heteroatoms. The monoisotopic (exact) mass is 142 g/mol. The molecule has 58 valence electrons. The summed E-state index contributed by atoms with van der Waals surface area (Å²) in [5.74, 6) is -1.57. The largest absolute Gasteiger partial charge is 0.362 e. The Morgan fingerprint density at radius 2 is 2.10 bits per heavy atom. The van der Waals surface area contributed by atoms with Gasteiger partial charge in [-0.3, -0.25) is 0 Å². The normalized spacial score (nSPS) is 20.5. The third kappa shape index (κ3) is 1.82. The van der Waals surface area contributed by atoms with Crippen molar-refractivity contribution < 1.29 is 10.2 Å². The fraction of sp³-hybridized carbons (Fsp3) is 0.750. The molecule has 0 amide bonds.